The number of aliphatic imine (C=N–C) groups is 1. The van der Waals surface area contributed by atoms with Crippen LogP contribution in [-0.2, 0) is 6.54 Å². The highest BCUT2D eigenvalue weighted by atomic mass is 16.4. The summed E-state index contributed by atoms with van der Waals surface area (Å²) in [6, 6.07) is 16.9. The highest BCUT2D eigenvalue weighted by Crippen LogP contribution is 2.39. The van der Waals surface area contributed by atoms with Gasteiger partial charge in [-0.05, 0) is 49.2 Å². The summed E-state index contributed by atoms with van der Waals surface area (Å²) >= 11 is 0. The number of nitriles is 2. The van der Waals surface area contributed by atoms with Crippen molar-refractivity contribution in [3.05, 3.63) is 70.4 Å². The third-order valence-electron chi connectivity index (χ3n) is 5.69. The molecule has 0 bridgehead atoms. The Kier molecular flexibility index (Phi) is 5.44. The molecule has 1 aliphatic heterocycles. The van der Waals surface area contributed by atoms with E-state index >= 15 is 0 Å². The SMILES string of the molecule is CC1=NC(C)=C(C#N)C(c2ccc3[nH]nc(NCc4ccc(C(=O)O)cc4)c3c2)C1C#N. The molecule has 0 fully saturated rings. The predicted molar refractivity (Wildman–Crippen MR) is 120 cm³/mol. The van der Waals surface area contributed by atoms with E-state index in [1.54, 1.807) is 31.2 Å². The molecule has 0 saturated carbocycles. The van der Waals surface area contributed by atoms with Crippen molar-refractivity contribution in [2.24, 2.45) is 10.9 Å². The minimum atomic E-state index is -0.963. The van der Waals surface area contributed by atoms with Crippen LogP contribution in [-0.4, -0.2) is 27.0 Å². The number of nitrogens with zero attached hydrogens (tertiary/aromatic N) is 4. The van der Waals surface area contributed by atoms with E-state index in [1.807, 2.05) is 25.1 Å². The number of benzene rings is 2. The molecule has 3 aromatic rings. The molecule has 1 aromatic heterocycles. The normalized spacial score (nSPS) is 18.1. The van der Waals surface area contributed by atoms with Gasteiger partial charge in [0.25, 0.3) is 0 Å². The molecule has 32 heavy (non-hydrogen) atoms. The molecule has 0 radical (unpaired) electrons. The van der Waals surface area contributed by atoms with Crippen LogP contribution in [0.25, 0.3) is 10.9 Å². The largest absolute Gasteiger partial charge is 0.478 e. The van der Waals surface area contributed by atoms with Crippen molar-refractivity contribution >= 4 is 28.4 Å². The predicted octanol–water partition coefficient (Wildman–Crippen LogP) is 4.37. The highest BCUT2D eigenvalue weighted by molar-refractivity contribution is 5.93. The number of H-pyrrole nitrogens is 1. The second-order valence-electron chi connectivity index (χ2n) is 7.68. The number of nitrogens with one attached hydrogen (secondary N) is 2. The quantitative estimate of drug-likeness (QED) is 0.556. The molecule has 1 aliphatic rings. The third-order valence-corrected chi connectivity index (χ3v) is 5.69. The number of allylic oxidation sites excluding steroid dienone is 2. The Labute approximate surface area is 184 Å². The second-order valence-corrected chi connectivity index (χ2v) is 7.68. The minimum absolute atomic E-state index is 0.235. The summed E-state index contributed by atoms with van der Waals surface area (Å²) in [7, 11) is 0. The van der Waals surface area contributed by atoms with Gasteiger partial charge in [-0.25, -0.2) is 4.79 Å². The first kappa shape index (κ1) is 20.8. The fourth-order valence-electron chi connectivity index (χ4n) is 4.02. The molecule has 2 aromatic carbocycles. The number of hydrogen-bond acceptors (Lipinski definition) is 6. The molecule has 3 N–H and O–H groups in total. The molecule has 0 spiro atoms. The van der Waals surface area contributed by atoms with E-state index in [0.717, 1.165) is 22.0 Å². The van der Waals surface area contributed by atoms with Crippen LogP contribution < -0.4 is 5.32 Å². The van der Waals surface area contributed by atoms with Gasteiger partial charge in [0.1, 0.15) is 0 Å². The van der Waals surface area contributed by atoms with Gasteiger partial charge < -0.3 is 10.4 Å². The standard InChI is InChI=1S/C24H20N6O2/c1-13-19(10-25)22(20(11-26)14(2)28-13)17-7-8-21-18(9-17)23(30-29-21)27-12-15-3-5-16(6-4-15)24(31)32/h3-9,19,22H,12H2,1-2H3,(H,31,32)(H2,27,29,30). The third kappa shape index (κ3) is 3.70. The monoisotopic (exact) mass is 424 g/mol. The molecule has 158 valence electrons. The van der Waals surface area contributed by atoms with Crippen molar-refractivity contribution in [3.8, 4) is 12.1 Å². The lowest BCUT2D eigenvalue weighted by Crippen LogP contribution is -2.24. The summed E-state index contributed by atoms with van der Waals surface area (Å²) in [5, 5.41) is 40.0. The van der Waals surface area contributed by atoms with E-state index in [1.165, 1.54) is 0 Å². The van der Waals surface area contributed by atoms with Gasteiger partial charge in [-0.1, -0.05) is 18.2 Å². The van der Waals surface area contributed by atoms with Crippen LogP contribution in [0.15, 0.2) is 58.7 Å². The number of rotatable bonds is 5. The second kappa shape index (κ2) is 8.37. The Hall–Kier alpha value is -4.43. The van der Waals surface area contributed by atoms with Gasteiger partial charge >= 0.3 is 5.97 Å². The van der Waals surface area contributed by atoms with Crippen LogP contribution in [0.2, 0.25) is 0 Å². The Balaban J connectivity index is 1.65. The number of aromatic amines is 1. The molecule has 0 aliphatic carbocycles. The summed E-state index contributed by atoms with van der Waals surface area (Å²) in [4.78, 5) is 15.4. The average Bonchev–Trinajstić information content (AvgIpc) is 3.19. The van der Waals surface area contributed by atoms with Gasteiger partial charge in [0, 0.05) is 23.6 Å². The van der Waals surface area contributed by atoms with Crippen LogP contribution in [0.5, 0.6) is 0 Å². The van der Waals surface area contributed by atoms with Crippen LogP contribution in [0.4, 0.5) is 5.82 Å². The molecule has 0 amide bonds. The summed E-state index contributed by atoms with van der Waals surface area (Å²) in [6.07, 6.45) is 0. The topological polar surface area (TPSA) is 138 Å². The Morgan fingerprint density at radius 1 is 1.19 bits per heavy atom. The average molecular weight is 424 g/mol. The number of aromatic carboxylic acids is 1. The minimum Gasteiger partial charge on any atom is -0.478 e. The lowest BCUT2D eigenvalue weighted by molar-refractivity contribution is 0.0697. The Morgan fingerprint density at radius 3 is 2.59 bits per heavy atom. The molecular weight excluding hydrogens is 404 g/mol. The van der Waals surface area contributed by atoms with E-state index in [0.29, 0.717) is 29.3 Å². The summed E-state index contributed by atoms with van der Waals surface area (Å²) < 4.78 is 0. The summed E-state index contributed by atoms with van der Waals surface area (Å²) in [5.74, 6) is -1.23. The number of anilines is 1. The zero-order valence-corrected chi connectivity index (χ0v) is 17.5. The number of carbonyl (C=O) groups is 1. The van der Waals surface area contributed by atoms with Gasteiger partial charge in [0.15, 0.2) is 5.82 Å². The smallest absolute Gasteiger partial charge is 0.335 e. The molecule has 4 rings (SSSR count). The molecule has 2 atom stereocenters. The zero-order chi connectivity index (χ0) is 22.8. The van der Waals surface area contributed by atoms with Crippen molar-refractivity contribution in [1.82, 2.24) is 10.2 Å². The van der Waals surface area contributed by atoms with E-state index in [4.69, 9.17) is 5.11 Å². The van der Waals surface area contributed by atoms with Gasteiger partial charge in [0.05, 0.1) is 40.4 Å². The van der Waals surface area contributed by atoms with Crippen LogP contribution in [0, 0.1) is 28.6 Å². The van der Waals surface area contributed by atoms with E-state index < -0.39 is 17.8 Å². The lowest BCUT2D eigenvalue weighted by atomic mass is 9.76. The van der Waals surface area contributed by atoms with Crippen LogP contribution in [0.1, 0.15) is 41.3 Å². The van der Waals surface area contributed by atoms with E-state index in [-0.39, 0.29) is 5.56 Å². The maximum absolute atomic E-state index is 11.0. The van der Waals surface area contributed by atoms with Crippen LogP contribution in [0.3, 0.4) is 0 Å². The highest BCUT2D eigenvalue weighted by Gasteiger charge is 2.34. The van der Waals surface area contributed by atoms with E-state index in [2.05, 4.69) is 32.6 Å². The zero-order valence-electron chi connectivity index (χ0n) is 17.5. The first-order valence-corrected chi connectivity index (χ1v) is 10.0. The van der Waals surface area contributed by atoms with Crippen molar-refractivity contribution < 1.29 is 9.90 Å². The molecule has 8 heteroatoms. The van der Waals surface area contributed by atoms with Gasteiger partial charge in [-0.15, -0.1) is 0 Å². The maximum atomic E-state index is 11.0. The van der Waals surface area contributed by atoms with Crippen molar-refractivity contribution in [2.75, 3.05) is 5.32 Å². The molecule has 2 unspecified atom stereocenters. The summed E-state index contributed by atoms with van der Waals surface area (Å²) in [5.41, 5.74) is 4.66. The number of fused-ring (bicyclic) bond motifs is 1. The maximum Gasteiger partial charge on any atom is 0.335 e. The van der Waals surface area contributed by atoms with Crippen molar-refractivity contribution in [1.29, 1.82) is 10.5 Å². The fraction of sp³-hybridized carbons (Fsp3) is 0.208. The van der Waals surface area contributed by atoms with Gasteiger partial charge in [0.2, 0.25) is 0 Å². The molecular formula is C24H20N6O2. The molecule has 0 saturated heterocycles. The fourth-order valence-corrected chi connectivity index (χ4v) is 4.02. The first-order chi connectivity index (χ1) is 15.4. The van der Waals surface area contributed by atoms with Crippen molar-refractivity contribution in [2.45, 2.75) is 26.3 Å². The number of hydrogen-bond donors (Lipinski definition) is 3. The first-order valence-electron chi connectivity index (χ1n) is 10.0. The summed E-state index contributed by atoms with van der Waals surface area (Å²) in [6.45, 7) is 4.07. The van der Waals surface area contributed by atoms with Crippen LogP contribution >= 0.6 is 0 Å². The number of aromatic nitrogens is 2. The lowest BCUT2D eigenvalue weighted by Gasteiger charge is -2.26. The Morgan fingerprint density at radius 2 is 1.94 bits per heavy atom. The van der Waals surface area contributed by atoms with Crippen molar-refractivity contribution in [3.63, 3.8) is 0 Å². The number of carboxylic acids is 1. The Bertz CT molecular complexity index is 1350. The molecule has 8 nitrogen and oxygen atoms in total. The number of carboxylic acid groups (broad SMARTS) is 1. The van der Waals surface area contributed by atoms with Gasteiger partial charge in [-0.3, -0.25) is 10.1 Å². The van der Waals surface area contributed by atoms with Gasteiger partial charge in [-0.2, -0.15) is 15.6 Å². The molecule has 2 heterocycles. The van der Waals surface area contributed by atoms with E-state index in [9.17, 15) is 15.3 Å².